The van der Waals surface area contributed by atoms with Crippen LogP contribution in [0.15, 0.2) is 120 Å². The molecular formula is C33H26N2O2. The van der Waals surface area contributed by atoms with Crippen molar-refractivity contribution in [1.82, 2.24) is 9.97 Å². The minimum atomic E-state index is -0.222. The molecule has 0 spiro atoms. The van der Waals surface area contributed by atoms with E-state index in [2.05, 4.69) is 74.5 Å². The van der Waals surface area contributed by atoms with Crippen molar-refractivity contribution in [2.45, 2.75) is 19.3 Å². The number of aromatic nitrogens is 2. The molecule has 0 aliphatic rings. The van der Waals surface area contributed by atoms with Crippen molar-refractivity contribution in [2.24, 2.45) is 0 Å². The molecule has 0 aliphatic heterocycles. The Bertz CT molecular complexity index is 1720. The van der Waals surface area contributed by atoms with Crippen molar-refractivity contribution in [3.8, 4) is 39.6 Å². The van der Waals surface area contributed by atoms with Crippen LogP contribution in [0.4, 0.5) is 0 Å². The summed E-state index contributed by atoms with van der Waals surface area (Å²) in [5.41, 5.74) is 7.96. The molecule has 4 heteroatoms. The Kier molecular flexibility index (Phi) is 5.57. The Morgan fingerprint density at radius 2 is 1.35 bits per heavy atom. The molecule has 0 bridgehead atoms. The van der Waals surface area contributed by atoms with E-state index in [0.717, 1.165) is 33.6 Å². The number of oxazole rings is 1. The quantitative estimate of drug-likeness (QED) is 0.269. The molecule has 6 aromatic rings. The summed E-state index contributed by atoms with van der Waals surface area (Å²) in [6.45, 7) is 4.41. The molecule has 2 aromatic heterocycles. The van der Waals surface area contributed by atoms with Crippen LogP contribution in [0.5, 0.6) is 5.75 Å². The summed E-state index contributed by atoms with van der Waals surface area (Å²) in [6, 6.07) is 38.0. The highest BCUT2D eigenvalue weighted by Gasteiger charge is 2.25. The van der Waals surface area contributed by atoms with Crippen molar-refractivity contribution in [3.63, 3.8) is 0 Å². The average Bonchev–Trinajstić information content (AvgIpc) is 3.38. The second kappa shape index (κ2) is 9.07. The molecular weight excluding hydrogens is 456 g/mol. The summed E-state index contributed by atoms with van der Waals surface area (Å²) in [4.78, 5) is 9.84. The van der Waals surface area contributed by atoms with E-state index in [4.69, 9.17) is 14.4 Å². The third-order valence-corrected chi connectivity index (χ3v) is 6.91. The molecule has 6 rings (SSSR count). The lowest BCUT2D eigenvalue weighted by molar-refractivity contribution is 0.474. The third kappa shape index (κ3) is 4.17. The van der Waals surface area contributed by atoms with E-state index >= 15 is 0 Å². The van der Waals surface area contributed by atoms with Crippen LogP contribution in [0, 0.1) is 0 Å². The van der Waals surface area contributed by atoms with Gasteiger partial charge < -0.3 is 9.52 Å². The summed E-state index contributed by atoms with van der Waals surface area (Å²) in [6.07, 6.45) is 0. The number of para-hydroxylation sites is 2. The van der Waals surface area contributed by atoms with E-state index in [1.54, 1.807) is 18.2 Å². The summed E-state index contributed by atoms with van der Waals surface area (Å²) in [5, 5.41) is 10.3. The van der Waals surface area contributed by atoms with Gasteiger partial charge in [0.2, 0.25) is 5.89 Å². The number of nitrogens with zero attached hydrogens (tertiary/aromatic N) is 2. The number of hydrogen-bond acceptors (Lipinski definition) is 4. The first-order valence-electron chi connectivity index (χ1n) is 12.3. The Balaban J connectivity index is 1.41. The molecule has 0 aliphatic carbocycles. The van der Waals surface area contributed by atoms with Crippen molar-refractivity contribution in [1.29, 1.82) is 0 Å². The smallest absolute Gasteiger partial charge is 0.231 e. The van der Waals surface area contributed by atoms with Crippen LogP contribution in [-0.2, 0) is 5.41 Å². The first-order chi connectivity index (χ1) is 18.0. The van der Waals surface area contributed by atoms with Gasteiger partial charge in [-0.15, -0.1) is 0 Å². The monoisotopic (exact) mass is 482 g/mol. The first kappa shape index (κ1) is 22.7. The highest BCUT2D eigenvalue weighted by molar-refractivity contribution is 5.93. The van der Waals surface area contributed by atoms with Crippen LogP contribution >= 0.6 is 0 Å². The fourth-order valence-electron chi connectivity index (χ4n) is 4.74. The van der Waals surface area contributed by atoms with Crippen LogP contribution in [0.3, 0.4) is 0 Å². The van der Waals surface area contributed by atoms with Crippen LogP contribution < -0.4 is 0 Å². The molecule has 1 N–H and O–H groups in total. The van der Waals surface area contributed by atoms with Crippen molar-refractivity contribution >= 4 is 11.1 Å². The molecule has 0 fully saturated rings. The number of hydrogen-bond donors (Lipinski definition) is 1. The van der Waals surface area contributed by atoms with Crippen molar-refractivity contribution in [3.05, 3.63) is 127 Å². The van der Waals surface area contributed by atoms with Gasteiger partial charge in [0, 0.05) is 16.5 Å². The number of rotatable bonds is 5. The topological polar surface area (TPSA) is 59.2 Å². The largest absolute Gasteiger partial charge is 0.507 e. The Morgan fingerprint density at radius 3 is 2.19 bits per heavy atom. The third-order valence-electron chi connectivity index (χ3n) is 6.91. The molecule has 0 amide bonds. The maximum Gasteiger partial charge on any atom is 0.231 e. The maximum absolute atomic E-state index is 10.3. The number of aromatic hydroxyl groups is 1. The van der Waals surface area contributed by atoms with Gasteiger partial charge in [-0.05, 0) is 47.5 Å². The van der Waals surface area contributed by atoms with Gasteiger partial charge >= 0.3 is 0 Å². The van der Waals surface area contributed by atoms with Gasteiger partial charge in [-0.3, -0.25) is 4.98 Å². The lowest BCUT2D eigenvalue weighted by Crippen LogP contribution is -2.20. The van der Waals surface area contributed by atoms with Gasteiger partial charge in [0.25, 0.3) is 0 Å². The molecule has 0 atom stereocenters. The molecule has 0 saturated carbocycles. The predicted molar refractivity (Wildman–Crippen MR) is 148 cm³/mol. The zero-order valence-electron chi connectivity index (χ0n) is 20.7. The van der Waals surface area contributed by atoms with E-state index < -0.39 is 0 Å². The van der Waals surface area contributed by atoms with Crippen LogP contribution in [0.1, 0.15) is 25.1 Å². The fourth-order valence-corrected chi connectivity index (χ4v) is 4.74. The SMILES string of the molecule is CC(C)(c1ccccc1)c1cccc(-c2cccc(-c3cccc4oc(-c5ccccc5O)nc34)c2)n1. The van der Waals surface area contributed by atoms with E-state index in [9.17, 15) is 5.11 Å². The van der Waals surface area contributed by atoms with Gasteiger partial charge in [0.15, 0.2) is 5.58 Å². The molecule has 4 nitrogen and oxygen atoms in total. The molecule has 0 radical (unpaired) electrons. The minimum Gasteiger partial charge on any atom is -0.507 e. The summed E-state index contributed by atoms with van der Waals surface area (Å²) < 4.78 is 6.02. The van der Waals surface area contributed by atoms with E-state index in [0.29, 0.717) is 17.0 Å². The van der Waals surface area contributed by atoms with E-state index in [1.165, 1.54) is 5.56 Å². The van der Waals surface area contributed by atoms with Gasteiger partial charge in [-0.1, -0.05) is 92.7 Å². The summed E-state index contributed by atoms with van der Waals surface area (Å²) in [7, 11) is 0. The predicted octanol–water partition coefficient (Wildman–Crippen LogP) is 8.26. The van der Waals surface area contributed by atoms with Crippen LogP contribution in [0.25, 0.3) is 44.9 Å². The normalized spacial score (nSPS) is 11.6. The molecule has 2 heterocycles. The number of benzene rings is 4. The van der Waals surface area contributed by atoms with E-state index in [-0.39, 0.29) is 11.2 Å². The number of pyridine rings is 1. The van der Waals surface area contributed by atoms with Gasteiger partial charge in [0.05, 0.1) is 17.0 Å². The van der Waals surface area contributed by atoms with Gasteiger partial charge in [-0.25, -0.2) is 4.98 Å². The second-order valence-electron chi connectivity index (χ2n) is 9.67. The van der Waals surface area contributed by atoms with Crippen LogP contribution in [0.2, 0.25) is 0 Å². The summed E-state index contributed by atoms with van der Waals surface area (Å²) in [5.74, 6) is 0.538. The van der Waals surface area contributed by atoms with Gasteiger partial charge in [-0.2, -0.15) is 0 Å². The minimum absolute atomic E-state index is 0.141. The Hall–Kier alpha value is -4.70. The lowest BCUT2D eigenvalue weighted by atomic mass is 9.81. The number of phenols is 1. The highest BCUT2D eigenvalue weighted by atomic mass is 16.3. The Morgan fingerprint density at radius 1 is 0.649 bits per heavy atom. The van der Waals surface area contributed by atoms with Crippen molar-refractivity contribution < 1.29 is 9.52 Å². The van der Waals surface area contributed by atoms with E-state index in [1.807, 2.05) is 36.4 Å². The average molecular weight is 483 g/mol. The molecule has 0 unspecified atom stereocenters. The van der Waals surface area contributed by atoms with Gasteiger partial charge in [0.1, 0.15) is 11.3 Å². The standard InChI is InChI=1S/C33H26N2O2/c1-33(2,24-13-4-3-5-14-24)30-20-10-17-27(34-30)23-12-8-11-22(21-23)25-16-9-19-29-31(25)35-32(37-29)26-15-6-7-18-28(26)36/h3-21,36H,1-2H3. The second-order valence-corrected chi connectivity index (χ2v) is 9.67. The lowest BCUT2D eigenvalue weighted by Gasteiger charge is -2.25. The first-order valence-corrected chi connectivity index (χ1v) is 12.3. The summed E-state index contributed by atoms with van der Waals surface area (Å²) >= 11 is 0. The molecule has 4 aromatic carbocycles. The van der Waals surface area contributed by atoms with Crippen molar-refractivity contribution in [2.75, 3.05) is 0 Å². The number of fused-ring (bicyclic) bond motifs is 1. The fraction of sp³-hybridized carbons (Fsp3) is 0.0909. The maximum atomic E-state index is 10.3. The zero-order chi connectivity index (χ0) is 25.4. The molecule has 180 valence electrons. The molecule has 37 heavy (non-hydrogen) atoms. The number of phenolic OH excluding ortho intramolecular Hbond substituents is 1. The highest BCUT2D eigenvalue weighted by Crippen LogP contribution is 2.36. The molecule has 0 saturated heterocycles. The Labute approximate surface area is 215 Å². The van der Waals surface area contributed by atoms with Crippen LogP contribution in [-0.4, -0.2) is 15.1 Å². The zero-order valence-corrected chi connectivity index (χ0v) is 20.7.